The third kappa shape index (κ3) is 2.04. The minimum Gasteiger partial charge on any atom is -0.486 e. The van der Waals surface area contributed by atoms with Crippen molar-refractivity contribution in [1.29, 1.82) is 0 Å². The zero-order chi connectivity index (χ0) is 15.1. The smallest absolute Gasteiger partial charge is 0.290 e. The van der Waals surface area contributed by atoms with Crippen molar-refractivity contribution in [3.8, 4) is 11.5 Å². The average Bonchev–Trinajstić information content (AvgIpc) is 3.08. The van der Waals surface area contributed by atoms with Crippen molar-refractivity contribution >= 4 is 5.91 Å². The molecule has 114 valence electrons. The topological polar surface area (TPSA) is 51.9 Å². The molecule has 1 atom stereocenters. The molecule has 0 fully saturated rings. The third-order valence-corrected chi connectivity index (χ3v) is 4.34. The van der Waals surface area contributed by atoms with Gasteiger partial charge in [0, 0.05) is 6.54 Å². The number of rotatable bonds is 1. The number of carbonyl (C=O) groups is 1. The molecule has 3 heterocycles. The van der Waals surface area contributed by atoms with Gasteiger partial charge in [0.2, 0.25) is 0 Å². The molecule has 2 aliphatic rings. The molecule has 0 N–H and O–H groups in total. The third-order valence-electron chi connectivity index (χ3n) is 4.34. The van der Waals surface area contributed by atoms with Crippen LogP contribution in [0.1, 0.15) is 34.6 Å². The highest BCUT2D eigenvalue weighted by Crippen LogP contribution is 2.39. The van der Waals surface area contributed by atoms with Crippen molar-refractivity contribution in [3.63, 3.8) is 0 Å². The van der Waals surface area contributed by atoms with Gasteiger partial charge >= 0.3 is 0 Å². The monoisotopic (exact) mass is 299 g/mol. The maximum Gasteiger partial charge on any atom is 0.290 e. The molecule has 1 unspecified atom stereocenters. The number of hydrogen-bond acceptors (Lipinski definition) is 4. The fraction of sp³-hybridized carbons (Fsp3) is 0.353. The zero-order valence-corrected chi connectivity index (χ0v) is 12.4. The summed E-state index contributed by atoms with van der Waals surface area (Å²) in [5, 5.41) is 0. The van der Waals surface area contributed by atoms with E-state index in [1.807, 2.05) is 17.9 Å². The van der Waals surface area contributed by atoms with Crippen LogP contribution in [0.15, 0.2) is 34.9 Å². The summed E-state index contributed by atoms with van der Waals surface area (Å²) in [7, 11) is 0. The first-order valence-corrected chi connectivity index (χ1v) is 7.51. The second kappa shape index (κ2) is 5.09. The summed E-state index contributed by atoms with van der Waals surface area (Å²) < 4.78 is 16.5. The molecule has 0 saturated heterocycles. The van der Waals surface area contributed by atoms with Crippen LogP contribution in [0.5, 0.6) is 11.5 Å². The van der Waals surface area contributed by atoms with E-state index in [1.165, 1.54) is 11.8 Å². The van der Waals surface area contributed by atoms with E-state index in [-0.39, 0.29) is 11.9 Å². The van der Waals surface area contributed by atoms with Crippen LogP contribution in [0.3, 0.4) is 0 Å². The Bertz CT molecular complexity index is 708. The molecule has 5 heteroatoms. The molecule has 0 saturated carbocycles. The van der Waals surface area contributed by atoms with Crippen LogP contribution in [-0.4, -0.2) is 30.6 Å². The molecule has 0 aliphatic carbocycles. The Morgan fingerprint density at radius 3 is 2.73 bits per heavy atom. The van der Waals surface area contributed by atoms with Crippen LogP contribution in [-0.2, 0) is 6.42 Å². The lowest BCUT2D eigenvalue weighted by atomic mass is 9.92. The van der Waals surface area contributed by atoms with Gasteiger partial charge in [-0.25, -0.2) is 0 Å². The van der Waals surface area contributed by atoms with Crippen molar-refractivity contribution < 1.29 is 18.7 Å². The van der Waals surface area contributed by atoms with E-state index in [4.69, 9.17) is 13.9 Å². The summed E-state index contributed by atoms with van der Waals surface area (Å²) in [5.74, 6) is 1.89. The molecule has 2 aromatic rings. The first kappa shape index (κ1) is 13.2. The van der Waals surface area contributed by atoms with E-state index in [9.17, 15) is 4.79 Å². The summed E-state index contributed by atoms with van der Waals surface area (Å²) in [6.07, 6.45) is 2.33. The zero-order valence-electron chi connectivity index (χ0n) is 12.4. The maximum absolute atomic E-state index is 12.5. The summed E-state index contributed by atoms with van der Waals surface area (Å²) in [5.41, 5.74) is 2.34. The van der Waals surface area contributed by atoms with E-state index in [0.717, 1.165) is 23.5 Å². The van der Waals surface area contributed by atoms with Gasteiger partial charge in [-0.15, -0.1) is 0 Å². The summed E-state index contributed by atoms with van der Waals surface area (Å²) in [6, 6.07) is 7.48. The van der Waals surface area contributed by atoms with E-state index >= 15 is 0 Å². The Kier molecular flexibility index (Phi) is 3.06. The number of amides is 1. The summed E-state index contributed by atoms with van der Waals surface area (Å²) in [6.45, 7) is 3.86. The Hall–Kier alpha value is -2.43. The number of furan rings is 1. The van der Waals surface area contributed by atoms with Crippen LogP contribution in [0.4, 0.5) is 0 Å². The lowest BCUT2D eigenvalue weighted by Crippen LogP contribution is -2.38. The van der Waals surface area contributed by atoms with Gasteiger partial charge in [0.1, 0.15) is 13.2 Å². The van der Waals surface area contributed by atoms with Crippen molar-refractivity contribution in [2.75, 3.05) is 19.8 Å². The first-order valence-electron chi connectivity index (χ1n) is 7.51. The van der Waals surface area contributed by atoms with E-state index in [0.29, 0.717) is 25.5 Å². The van der Waals surface area contributed by atoms with Crippen molar-refractivity contribution in [1.82, 2.24) is 4.90 Å². The predicted molar refractivity (Wildman–Crippen MR) is 79.3 cm³/mol. The molecule has 1 aromatic carbocycles. The number of nitrogens with zero attached hydrogens (tertiary/aromatic N) is 1. The minimum absolute atomic E-state index is 0.0165. The number of benzene rings is 1. The van der Waals surface area contributed by atoms with Crippen molar-refractivity contribution in [3.05, 3.63) is 47.4 Å². The van der Waals surface area contributed by atoms with Gasteiger partial charge in [0.15, 0.2) is 17.3 Å². The van der Waals surface area contributed by atoms with Crippen LogP contribution >= 0.6 is 0 Å². The highest BCUT2D eigenvalue weighted by molar-refractivity contribution is 5.92. The van der Waals surface area contributed by atoms with Crippen LogP contribution in [0.2, 0.25) is 0 Å². The van der Waals surface area contributed by atoms with Gasteiger partial charge in [-0.3, -0.25) is 4.79 Å². The molecule has 0 bridgehead atoms. The van der Waals surface area contributed by atoms with Crippen LogP contribution in [0, 0.1) is 0 Å². The van der Waals surface area contributed by atoms with Crippen molar-refractivity contribution in [2.24, 2.45) is 0 Å². The molecule has 1 aromatic heterocycles. The van der Waals surface area contributed by atoms with Gasteiger partial charge in [-0.05, 0) is 48.7 Å². The second-order valence-corrected chi connectivity index (χ2v) is 5.60. The first-order chi connectivity index (χ1) is 10.7. The van der Waals surface area contributed by atoms with Crippen molar-refractivity contribution in [2.45, 2.75) is 19.4 Å². The standard InChI is InChI=1S/C17H17NO4/c1-11-13-10-16-15(21-7-8-22-16)9-12(13)4-5-18(11)17(19)14-3-2-6-20-14/h2-3,6,9-11H,4-5,7-8H2,1H3. The molecule has 0 radical (unpaired) electrons. The minimum atomic E-state index is -0.0713. The van der Waals surface area contributed by atoms with Gasteiger partial charge in [-0.2, -0.15) is 0 Å². The highest BCUT2D eigenvalue weighted by atomic mass is 16.6. The lowest BCUT2D eigenvalue weighted by Gasteiger charge is -2.35. The van der Waals surface area contributed by atoms with Crippen LogP contribution in [0.25, 0.3) is 0 Å². The molecule has 0 spiro atoms. The Morgan fingerprint density at radius 2 is 2.00 bits per heavy atom. The highest BCUT2D eigenvalue weighted by Gasteiger charge is 2.31. The summed E-state index contributed by atoms with van der Waals surface area (Å²) in [4.78, 5) is 14.4. The fourth-order valence-corrected chi connectivity index (χ4v) is 3.17. The average molecular weight is 299 g/mol. The molecular formula is C17H17NO4. The lowest BCUT2D eigenvalue weighted by molar-refractivity contribution is 0.0643. The SMILES string of the molecule is CC1c2cc3c(cc2CCN1C(=O)c1ccco1)OCCO3. The molecule has 2 aliphatic heterocycles. The van der Waals surface area contributed by atoms with Crippen LogP contribution < -0.4 is 9.47 Å². The molecular weight excluding hydrogens is 282 g/mol. The van der Waals surface area contributed by atoms with Gasteiger partial charge in [0.05, 0.1) is 12.3 Å². The number of fused-ring (bicyclic) bond motifs is 2. The van der Waals surface area contributed by atoms with Gasteiger partial charge in [-0.1, -0.05) is 0 Å². The van der Waals surface area contributed by atoms with Gasteiger partial charge < -0.3 is 18.8 Å². The van der Waals surface area contributed by atoms with E-state index in [1.54, 1.807) is 12.1 Å². The fourth-order valence-electron chi connectivity index (χ4n) is 3.17. The Balaban J connectivity index is 1.68. The molecule has 5 nitrogen and oxygen atoms in total. The molecule has 22 heavy (non-hydrogen) atoms. The quantitative estimate of drug-likeness (QED) is 0.812. The number of carbonyl (C=O) groups excluding carboxylic acids is 1. The Morgan fingerprint density at radius 1 is 1.23 bits per heavy atom. The van der Waals surface area contributed by atoms with E-state index in [2.05, 4.69) is 6.07 Å². The Labute approximate surface area is 128 Å². The summed E-state index contributed by atoms with van der Waals surface area (Å²) >= 11 is 0. The molecule has 1 amide bonds. The largest absolute Gasteiger partial charge is 0.486 e. The number of hydrogen-bond donors (Lipinski definition) is 0. The number of ether oxygens (including phenoxy) is 2. The maximum atomic E-state index is 12.5. The predicted octanol–water partition coefficient (Wildman–Crippen LogP) is 2.81. The van der Waals surface area contributed by atoms with Gasteiger partial charge in [0.25, 0.3) is 5.91 Å². The van der Waals surface area contributed by atoms with E-state index < -0.39 is 0 Å². The molecule has 4 rings (SSSR count). The second-order valence-electron chi connectivity index (χ2n) is 5.60. The normalized spacial score (nSPS) is 19.7.